The number of fused-ring (bicyclic) bond motifs is 1. The molecule has 7 heteroatoms. The lowest BCUT2D eigenvalue weighted by molar-refractivity contribution is 0.206. The van der Waals surface area contributed by atoms with Gasteiger partial charge in [-0.15, -0.1) is 0 Å². The van der Waals surface area contributed by atoms with Crippen LogP contribution in [0.25, 0.3) is 11.0 Å². The quantitative estimate of drug-likeness (QED) is 0.795. The number of hydrogen-bond donors (Lipinski definition) is 1. The molecule has 1 N–H and O–H groups in total. The second-order valence-corrected chi connectivity index (χ2v) is 6.45. The molecule has 0 bridgehead atoms. The number of nitrogens with zero attached hydrogens (tertiary/aromatic N) is 5. The fourth-order valence-corrected chi connectivity index (χ4v) is 3.01. The normalized spacial score (nSPS) is 13.8. The molecule has 1 saturated carbocycles. The van der Waals surface area contributed by atoms with Crippen LogP contribution in [0.4, 0.5) is 10.5 Å². The zero-order valence-electron chi connectivity index (χ0n) is 14.3. The molecule has 7 nitrogen and oxygen atoms in total. The maximum absolute atomic E-state index is 12.8. The smallest absolute Gasteiger partial charge is 0.317 e. The summed E-state index contributed by atoms with van der Waals surface area (Å²) in [7, 11) is 1.87. The molecule has 0 unspecified atom stereocenters. The number of rotatable bonds is 4. The minimum absolute atomic E-state index is 0.0954. The van der Waals surface area contributed by atoms with Crippen molar-refractivity contribution in [2.24, 2.45) is 7.05 Å². The summed E-state index contributed by atoms with van der Waals surface area (Å²) < 4.78 is 1.75. The van der Waals surface area contributed by atoms with Crippen LogP contribution in [-0.2, 0) is 13.6 Å². The highest BCUT2D eigenvalue weighted by molar-refractivity contribution is 5.92. The van der Waals surface area contributed by atoms with Crippen molar-refractivity contribution in [3.8, 4) is 0 Å². The van der Waals surface area contributed by atoms with Gasteiger partial charge in [0.05, 0.1) is 17.6 Å². The molecule has 1 fully saturated rings. The monoisotopic (exact) mass is 336 g/mol. The first-order chi connectivity index (χ1) is 12.1. The van der Waals surface area contributed by atoms with Crippen molar-refractivity contribution in [3.05, 3.63) is 48.0 Å². The van der Waals surface area contributed by atoms with Crippen LogP contribution in [0.3, 0.4) is 0 Å². The van der Waals surface area contributed by atoms with Gasteiger partial charge in [-0.2, -0.15) is 5.10 Å². The number of nitrogens with one attached hydrogen (secondary N) is 1. The van der Waals surface area contributed by atoms with Crippen molar-refractivity contribution in [2.75, 3.05) is 5.32 Å². The molecule has 3 aromatic heterocycles. The molecule has 0 radical (unpaired) electrons. The van der Waals surface area contributed by atoms with Gasteiger partial charge in [0.25, 0.3) is 0 Å². The highest BCUT2D eigenvalue weighted by atomic mass is 16.2. The van der Waals surface area contributed by atoms with Gasteiger partial charge in [-0.1, -0.05) is 0 Å². The molecule has 0 aromatic carbocycles. The summed E-state index contributed by atoms with van der Waals surface area (Å²) >= 11 is 0. The van der Waals surface area contributed by atoms with Gasteiger partial charge in [0, 0.05) is 37.4 Å². The predicted octanol–water partition coefficient (Wildman–Crippen LogP) is 2.87. The van der Waals surface area contributed by atoms with Crippen LogP contribution in [0.15, 0.2) is 36.8 Å². The molecule has 3 aromatic rings. The van der Waals surface area contributed by atoms with Crippen molar-refractivity contribution in [1.82, 2.24) is 24.6 Å². The van der Waals surface area contributed by atoms with Crippen LogP contribution in [0, 0.1) is 6.92 Å². The van der Waals surface area contributed by atoms with E-state index in [2.05, 4.69) is 20.4 Å². The number of aromatic nitrogens is 4. The highest BCUT2D eigenvalue weighted by Crippen LogP contribution is 2.29. The second-order valence-electron chi connectivity index (χ2n) is 6.45. The largest absolute Gasteiger partial charge is 0.322 e. The van der Waals surface area contributed by atoms with Crippen LogP contribution in [0.2, 0.25) is 0 Å². The molecule has 0 saturated heterocycles. The molecule has 1 aliphatic carbocycles. The molecular formula is C18H20N6O. The van der Waals surface area contributed by atoms with Gasteiger partial charge in [0.1, 0.15) is 0 Å². The zero-order chi connectivity index (χ0) is 17.4. The van der Waals surface area contributed by atoms with Crippen molar-refractivity contribution in [1.29, 1.82) is 0 Å². The maximum Gasteiger partial charge on any atom is 0.322 e. The lowest BCUT2D eigenvalue weighted by Crippen LogP contribution is -2.36. The van der Waals surface area contributed by atoms with E-state index in [0.717, 1.165) is 35.1 Å². The van der Waals surface area contributed by atoms with Crippen molar-refractivity contribution >= 4 is 22.8 Å². The molecule has 3 heterocycles. The average molecular weight is 336 g/mol. The maximum atomic E-state index is 12.8. The zero-order valence-corrected chi connectivity index (χ0v) is 14.3. The van der Waals surface area contributed by atoms with E-state index in [1.165, 1.54) is 0 Å². The lowest BCUT2D eigenvalue weighted by Gasteiger charge is -2.23. The predicted molar refractivity (Wildman–Crippen MR) is 95.1 cm³/mol. The van der Waals surface area contributed by atoms with Crippen molar-refractivity contribution in [3.63, 3.8) is 0 Å². The average Bonchev–Trinajstić information content (AvgIpc) is 3.41. The van der Waals surface area contributed by atoms with Gasteiger partial charge in [-0.3, -0.25) is 9.67 Å². The Kier molecular flexibility index (Phi) is 3.83. The number of anilines is 1. The summed E-state index contributed by atoms with van der Waals surface area (Å²) in [4.78, 5) is 23.1. The first-order valence-electron chi connectivity index (χ1n) is 8.37. The molecule has 2 amide bonds. The fourth-order valence-electron chi connectivity index (χ4n) is 3.01. The van der Waals surface area contributed by atoms with Gasteiger partial charge < -0.3 is 10.2 Å². The standard InChI is InChI=1S/C18H20N6O/c1-12-16-9-14(10-20-17(16)23(2)22-12)21-18(25)24(15-3-4-15)11-13-5-7-19-8-6-13/h5-10,15H,3-4,11H2,1-2H3,(H,21,25). The summed E-state index contributed by atoms with van der Waals surface area (Å²) in [5.74, 6) is 0. The molecule has 0 spiro atoms. The Morgan fingerprint density at radius 2 is 2.12 bits per heavy atom. The Hall–Kier alpha value is -2.96. The highest BCUT2D eigenvalue weighted by Gasteiger charge is 2.32. The first kappa shape index (κ1) is 15.6. The third kappa shape index (κ3) is 3.17. The molecule has 25 heavy (non-hydrogen) atoms. The van der Waals surface area contributed by atoms with E-state index in [9.17, 15) is 4.79 Å². The molecular weight excluding hydrogens is 316 g/mol. The van der Waals surface area contributed by atoms with Gasteiger partial charge in [-0.25, -0.2) is 9.78 Å². The summed E-state index contributed by atoms with van der Waals surface area (Å²) in [5.41, 5.74) is 3.48. The van der Waals surface area contributed by atoms with Gasteiger partial charge >= 0.3 is 6.03 Å². The number of pyridine rings is 2. The van der Waals surface area contributed by atoms with E-state index in [4.69, 9.17) is 0 Å². The van der Waals surface area contributed by atoms with Crippen molar-refractivity contribution in [2.45, 2.75) is 32.4 Å². The number of urea groups is 1. The molecule has 128 valence electrons. The Bertz CT molecular complexity index is 916. The van der Waals surface area contributed by atoms with Crippen LogP contribution in [0.1, 0.15) is 24.1 Å². The van der Waals surface area contributed by atoms with Crippen LogP contribution >= 0.6 is 0 Å². The lowest BCUT2D eigenvalue weighted by atomic mass is 10.2. The second kappa shape index (κ2) is 6.16. The number of carbonyl (C=O) groups is 1. The van der Waals surface area contributed by atoms with Crippen LogP contribution in [0.5, 0.6) is 0 Å². The molecule has 4 rings (SSSR count). The number of hydrogen-bond acceptors (Lipinski definition) is 4. The third-order valence-corrected chi connectivity index (χ3v) is 4.47. The Labute approximate surface area is 145 Å². The summed E-state index contributed by atoms with van der Waals surface area (Å²) in [5, 5.41) is 8.30. The molecule has 0 atom stereocenters. The van der Waals surface area contributed by atoms with Gasteiger partial charge in [0.2, 0.25) is 0 Å². The minimum atomic E-state index is -0.0954. The minimum Gasteiger partial charge on any atom is -0.317 e. The number of carbonyl (C=O) groups excluding carboxylic acids is 1. The van der Waals surface area contributed by atoms with Crippen LogP contribution in [-0.4, -0.2) is 36.7 Å². The summed E-state index contributed by atoms with van der Waals surface area (Å²) in [6, 6.07) is 6.02. The molecule has 1 aliphatic rings. The number of aryl methyl sites for hydroxylation is 2. The summed E-state index contributed by atoms with van der Waals surface area (Å²) in [6.07, 6.45) is 7.29. The third-order valence-electron chi connectivity index (χ3n) is 4.47. The first-order valence-corrected chi connectivity index (χ1v) is 8.37. The van der Waals surface area contributed by atoms with E-state index in [1.807, 2.05) is 37.1 Å². The van der Waals surface area contributed by atoms with E-state index >= 15 is 0 Å². The Balaban J connectivity index is 1.54. The number of amides is 2. The Morgan fingerprint density at radius 3 is 2.84 bits per heavy atom. The van der Waals surface area contributed by atoms with Crippen molar-refractivity contribution < 1.29 is 4.79 Å². The molecule has 0 aliphatic heterocycles. The van der Waals surface area contributed by atoms with E-state index in [-0.39, 0.29) is 6.03 Å². The SMILES string of the molecule is Cc1nn(C)c2ncc(NC(=O)N(Cc3ccncc3)C3CC3)cc12. The van der Waals surface area contributed by atoms with Crippen LogP contribution < -0.4 is 5.32 Å². The van der Waals surface area contributed by atoms with E-state index in [1.54, 1.807) is 23.3 Å². The van der Waals surface area contributed by atoms with E-state index in [0.29, 0.717) is 18.3 Å². The topological polar surface area (TPSA) is 75.9 Å². The fraction of sp³-hybridized carbons (Fsp3) is 0.333. The van der Waals surface area contributed by atoms with Gasteiger partial charge in [0.15, 0.2) is 5.65 Å². The van der Waals surface area contributed by atoms with Gasteiger partial charge in [-0.05, 0) is 43.5 Å². The Morgan fingerprint density at radius 1 is 1.36 bits per heavy atom. The summed E-state index contributed by atoms with van der Waals surface area (Å²) in [6.45, 7) is 2.52. The van der Waals surface area contributed by atoms with E-state index < -0.39 is 0 Å².